The summed E-state index contributed by atoms with van der Waals surface area (Å²) in [6.07, 6.45) is 0. The van der Waals surface area contributed by atoms with Gasteiger partial charge in [0.1, 0.15) is 5.01 Å². The molecule has 0 aromatic carbocycles. The first-order valence-electron chi connectivity index (χ1n) is 6.02. The minimum Gasteiger partial charge on any atom is -0.379 e. The van der Waals surface area contributed by atoms with Crippen molar-refractivity contribution in [1.82, 2.24) is 15.2 Å². The third-order valence-corrected chi connectivity index (χ3v) is 4.14. The van der Waals surface area contributed by atoms with E-state index in [1.54, 1.807) is 11.3 Å². The number of thioether (sulfide) groups is 1. The fourth-order valence-electron chi connectivity index (χ4n) is 1.40. The highest BCUT2D eigenvalue weighted by molar-refractivity contribution is 8.02. The number of rotatable bonds is 8. The highest BCUT2D eigenvalue weighted by Crippen LogP contribution is 2.24. The van der Waals surface area contributed by atoms with Crippen LogP contribution in [0, 0.1) is 10.1 Å². The minimum atomic E-state index is -0.463. The molecule has 0 unspecified atom stereocenters. The molecule has 0 fully saturated rings. The van der Waals surface area contributed by atoms with Crippen molar-refractivity contribution in [3.63, 3.8) is 0 Å². The normalized spacial score (nSPS) is 12.4. The molecule has 20 heavy (non-hydrogen) atoms. The molecule has 1 rings (SSSR count). The van der Waals surface area contributed by atoms with E-state index in [9.17, 15) is 10.1 Å². The van der Waals surface area contributed by atoms with Gasteiger partial charge < -0.3 is 16.0 Å². The van der Waals surface area contributed by atoms with E-state index in [0.29, 0.717) is 12.3 Å². The Balaban J connectivity index is 2.66. The molecule has 0 aliphatic carbocycles. The van der Waals surface area contributed by atoms with Gasteiger partial charge in [-0.05, 0) is 32.8 Å². The van der Waals surface area contributed by atoms with E-state index in [2.05, 4.69) is 10.3 Å². The monoisotopic (exact) mass is 317 g/mol. The number of thiazole rings is 1. The summed E-state index contributed by atoms with van der Waals surface area (Å²) in [6.45, 7) is 3.16. The van der Waals surface area contributed by atoms with Crippen molar-refractivity contribution in [2.45, 2.75) is 19.2 Å². The van der Waals surface area contributed by atoms with Gasteiger partial charge >= 0.3 is 5.03 Å². The lowest BCUT2D eigenvalue weighted by Crippen LogP contribution is -2.23. The zero-order valence-electron chi connectivity index (χ0n) is 11.8. The van der Waals surface area contributed by atoms with Gasteiger partial charge in [0.2, 0.25) is 0 Å². The van der Waals surface area contributed by atoms with Crippen molar-refractivity contribution in [3.8, 4) is 0 Å². The van der Waals surface area contributed by atoms with Gasteiger partial charge in [0.15, 0.2) is 5.82 Å². The third kappa shape index (κ3) is 5.35. The van der Waals surface area contributed by atoms with Crippen LogP contribution in [-0.2, 0) is 12.3 Å². The zero-order valence-corrected chi connectivity index (χ0v) is 13.4. The first-order chi connectivity index (χ1) is 9.43. The van der Waals surface area contributed by atoms with Crippen LogP contribution >= 0.6 is 23.1 Å². The summed E-state index contributed by atoms with van der Waals surface area (Å²) in [4.78, 5) is 17.0. The smallest absolute Gasteiger partial charge is 0.342 e. The van der Waals surface area contributed by atoms with Crippen molar-refractivity contribution < 1.29 is 4.92 Å². The molecule has 0 saturated carbocycles. The Morgan fingerprint density at radius 2 is 2.35 bits per heavy atom. The lowest BCUT2D eigenvalue weighted by Gasteiger charge is -2.05. The summed E-state index contributed by atoms with van der Waals surface area (Å²) in [7, 11) is 3.95. The van der Waals surface area contributed by atoms with Gasteiger partial charge in [-0.3, -0.25) is 10.1 Å². The van der Waals surface area contributed by atoms with Crippen molar-refractivity contribution in [3.05, 3.63) is 37.0 Å². The van der Waals surface area contributed by atoms with E-state index >= 15 is 0 Å². The molecule has 1 aromatic heterocycles. The molecule has 7 nitrogen and oxygen atoms in total. The van der Waals surface area contributed by atoms with Crippen LogP contribution in [0.4, 0.5) is 0 Å². The van der Waals surface area contributed by atoms with Crippen molar-refractivity contribution in [2.24, 2.45) is 5.73 Å². The molecular formula is C11H19N5O2S2. The zero-order chi connectivity index (χ0) is 15.1. The molecule has 0 aliphatic heterocycles. The van der Waals surface area contributed by atoms with Crippen LogP contribution in [0.1, 0.15) is 17.6 Å². The summed E-state index contributed by atoms with van der Waals surface area (Å²) in [6, 6.07) is 0. The summed E-state index contributed by atoms with van der Waals surface area (Å²) >= 11 is 2.64. The summed E-state index contributed by atoms with van der Waals surface area (Å²) < 4.78 is 0. The van der Waals surface area contributed by atoms with E-state index in [0.717, 1.165) is 29.0 Å². The maximum Gasteiger partial charge on any atom is 0.342 e. The standard InChI is InChI=1S/C11H19N5O2S2/c1-4-13-10(12)11(16(17)18)20-7-8-6-19-9(14-8)5-15(2)3/h6,13H,4-5,7,12H2,1-3H3. The molecule has 3 N–H and O–H groups in total. The number of hydrogen-bond acceptors (Lipinski definition) is 8. The Labute approximate surface area is 126 Å². The Bertz CT molecular complexity index is 487. The molecule has 1 heterocycles. The Kier molecular flexibility index (Phi) is 6.76. The number of nitrogens with two attached hydrogens (primary N) is 1. The topological polar surface area (TPSA) is 97.3 Å². The van der Waals surface area contributed by atoms with Crippen LogP contribution in [0.2, 0.25) is 0 Å². The second-order valence-electron chi connectivity index (χ2n) is 4.27. The largest absolute Gasteiger partial charge is 0.379 e. The predicted molar refractivity (Wildman–Crippen MR) is 82.7 cm³/mol. The number of nitro groups is 1. The molecular weight excluding hydrogens is 298 g/mol. The minimum absolute atomic E-state index is 0.0611. The fourth-order valence-corrected chi connectivity index (χ4v) is 3.18. The van der Waals surface area contributed by atoms with E-state index in [-0.39, 0.29) is 10.9 Å². The van der Waals surface area contributed by atoms with E-state index < -0.39 is 4.92 Å². The second kappa shape index (κ2) is 8.08. The molecule has 0 saturated heterocycles. The second-order valence-corrected chi connectivity index (χ2v) is 6.17. The van der Waals surface area contributed by atoms with Crippen LogP contribution < -0.4 is 11.1 Å². The van der Waals surface area contributed by atoms with Crippen molar-refractivity contribution in [1.29, 1.82) is 0 Å². The highest BCUT2D eigenvalue weighted by Gasteiger charge is 2.18. The molecule has 0 aliphatic rings. The Morgan fingerprint density at radius 3 is 2.90 bits per heavy atom. The molecule has 0 atom stereocenters. The molecule has 0 spiro atoms. The summed E-state index contributed by atoms with van der Waals surface area (Å²) in [5.41, 5.74) is 6.48. The van der Waals surface area contributed by atoms with Crippen LogP contribution in [0.5, 0.6) is 0 Å². The molecule has 112 valence electrons. The Hall–Kier alpha value is -1.32. The summed E-state index contributed by atoms with van der Waals surface area (Å²) in [5.74, 6) is 0.540. The SMILES string of the molecule is CCNC(N)=C(SCc1csc(CN(C)C)n1)[N+](=O)[O-]. The number of nitrogens with one attached hydrogen (secondary N) is 1. The maximum atomic E-state index is 11.0. The quantitative estimate of drug-likeness (QED) is 0.552. The fraction of sp³-hybridized carbons (Fsp3) is 0.545. The molecule has 9 heteroatoms. The van der Waals surface area contributed by atoms with Crippen LogP contribution in [-0.4, -0.2) is 35.4 Å². The number of hydrogen-bond donors (Lipinski definition) is 2. The summed E-state index contributed by atoms with van der Waals surface area (Å²) in [5, 5.41) is 16.6. The van der Waals surface area contributed by atoms with Gasteiger partial charge in [0.05, 0.1) is 10.6 Å². The van der Waals surface area contributed by atoms with Gasteiger partial charge in [-0.15, -0.1) is 11.3 Å². The van der Waals surface area contributed by atoms with Crippen LogP contribution in [0.25, 0.3) is 0 Å². The van der Waals surface area contributed by atoms with Crippen molar-refractivity contribution >= 4 is 23.1 Å². The lowest BCUT2D eigenvalue weighted by molar-refractivity contribution is -0.411. The number of aromatic nitrogens is 1. The molecule has 1 aromatic rings. The first kappa shape index (κ1) is 16.7. The van der Waals surface area contributed by atoms with E-state index in [4.69, 9.17) is 5.73 Å². The number of nitrogens with zero attached hydrogens (tertiary/aromatic N) is 3. The predicted octanol–water partition coefficient (Wildman–Crippen LogP) is 1.41. The van der Waals surface area contributed by atoms with Crippen molar-refractivity contribution in [2.75, 3.05) is 20.6 Å². The molecule has 0 radical (unpaired) electrons. The van der Waals surface area contributed by atoms with E-state index in [1.165, 1.54) is 0 Å². The highest BCUT2D eigenvalue weighted by atomic mass is 32.2. The van der Waals surface area contributed by atoms with Crippen LogP contribution in [0.15, 0.2) is 16.2 Å². The average Bonchev–Trinajstić information content (AvgIpc) is 2.76. The first-order valence-corrected chi connectivity index (χ1v) is 7.89. The Morgan fingerprint density at radius 1 is 1.65 bits per heavy atom. The average molecular weight is 317 g/mol. The maximum absolute atomic E-state index is 11.0. The third-order valence-electron chi connectivity index (χ3n) is 2.17. The molecule has 0 amide bonds. The van der Waals surface area contributed by atoms with Crippen LogP contribution in [0.3, 0.4) is 0 Å². The lowest BCUT2D eigenvalue weighted by atomic mass is 10.5. The van der Waals surface area contributed by atoms with E-state index in [1.807, 2.05) is 31.3 Å². The van der Waals surface area contributed by atoms with Gasteiger partial charge in [-0.2, -0.15) is 0 Å². The molecule has 0 bridgehead atoms. The van der Waals surface area contributed by atoms with Gasteiger partial charge in [0, 0.05) is 24.2 Å². The van der Waals surface area contributed by atoms with Gasteiger partial charge in [-0.1, -0.05) is 0 Å². The van der Waals surface area contributed by atoms with Gasteiger partial charge in [0.25, 0.3) is 0 Å². The van der Waals surface area contributed by atoms with Gasteiger partial charge in [-0.25, -0.2) is 4.98 Å².